The van der Waals surface area contributed by atoms with Crippen molar-refractivity contribution in [3.8, 4) is 0 Å². The van der Waals surface area contributed by atoms with Crippen LogP contribution < -0.4 is 5.73 Å². The van der Waals surface area contributed by atoms with Gasteiger partial charge in [0.2, 0.25) is 0 Å². The molecule has 2 N–H and O–H groups in total. The van der Waals surface area contributed by atoms with Crippen molar-refractivity contribution in [2.75, 3.05) is 0 Å². The summed E-state index contributed by atoms with van der Waals surface area (Å²) in [6, 6.07) is 4.84. The monoisotopic (exact) mass is 245 g/mol. The van der Waals surface area contributed by atoms with Crippen LogP contribution in [-0.4, -0.2) is 0 Å². The summed E-state index contributed by atoms with van der Waals surface area (Å²) in [6.07, 6.45) is 3.85. The molecule has 0 saturated carbocycles. The first-order valence-electron chi connectivity index (χ1n) is 6.48. The number of rotatable bonds is 2. The van der Waals surface area contributed by atoms with E-state index in [9.17, 15) is 0 Å². The Morgan fingerprint density at radius 2 is 1.94 bits per heavy atom. The van der Waals surface area contributed by atoms with E-state index in [-0.39, 0.29) is 0 Å². The predicted octanol–water partition coefficient (Wildman–Crippen LogP) is 3.97. The van der Waals surface area contributed by atoms with Crippen LogP contribution in [0.25, 0.3) is 10.1 Å². The highest BCUT2D eigenvalue weighted by molar-refractivity contribution is 7.19. The van der Waals surface area contributed by atoms with E-state index in [0.717, 1.165) is 0 Å². The van der Waals surface area contributed by atoms with Gasteiger partial charge in [-0.1, -0.05) is 13.8 Å². The highest BCUT2D eigenvalue weighted by Gasteiger charge is 2.18. The van der Waals surface area contributed by atoms with Gasteiger partial charge in [-0.15, -0.1) is 11.3 Å². The Hall–Kier alpha value is -0.860. The van der Waals surface area contributed by atoms with Crippen LogP contribution in [0.5, 0.6) is 0 Å². The molecular weight excluding hydrogens is 226 g/mol. The summed E-state index contributed by atoms with van der Waals surface area (Å²) >= 11 is 1.89. The molecule has 0 radical (unpaired) electrons. The number of benzene rings is 1. The summed E-state index contributed by atoms with van der Waals surface area (Å²) in [7, 11) is 0. The molecule has 0 spiro atoms. The smallest absolute Gasteiger partial charge is 0.0352 e. The average Bonchev–Trinajstić information content (AvgIpc) is 2.87. The lowest BCUT2D eigenvalue weighted by Gasteiger charge is -2.07. The van der Waals surface area contributed by atoms with E-state index in [2.05, 4.69) is 26.0 Å². The number of fused-ring (bicyclic) bond motifs is 2. The molecule has 17 heavy (non-hydrogen) atoms. The van der Waals surface area contributed by atoms with Gasteiger partial charge in [-0.3, -0.25) is 0 Å². The summed E-state index contributed by atoms with van der Waals surface area (Å²) in [5, 5.41) is 1.46. The summed E-state index contributed by atoms with van der Waals surface area (Å²) in [4.78, 5) is 1.37. The molecule has 1 aliphatic rings. The van der Waals surface area contributed by atoms with Gasteiger partial charge >= 0.3 is 0 Å². The van der Waals surface area contributed by atoms with Gasteiger partial charge in [0, 0.05) is 16.1 Å². The SMILES string of the molecule is CC(C)c1c(CN)sc2cc3c(cc12)CCC3. The third-order valence-corrected chi connectivity index (χ3v) is 4.97. The minimum absolute atomic E-state index is 0.571. The Morgan fingerprint density at radius 1 is 1.24 bits per heavy atom. The quantitative estimate of drug-likeness (QED) is 0.851. The van der Waals surface area contributed by atoms with E-state index in [1.54, 1.807) is 11.1 Å². The Balaban J connectivity index is 2.29. The van der Waals surface area contributed by atoms with E-state index < -0.39 is 0 Å². The first-order chi connectivity index (χ1) is 8.20. The lowest BCUT2D eigenvalue weighted by molar-refractivity contribution is 0.859. The number of thiophene rings is 1. The van der Waals surface area contributed by atoms with Gasteiger partial charge in [0.1, 0.15) is 0 Å². The lowest BCUT2D eigenvalue weighted by atomic mass is 9.97. The highest BCUT2D eigenvalue weighted by atomic mass is 32.1. The first-order valence-corrected chi connectivity index (χ1v) is 7.29. The summed E-state index contributed by atoms with van der Waals surface area (Å²) in [5.74, 6) is 0.571. The number of aryl methyl sites for hydroxylation is 2. The predicted molar refractivity (Wildman–Crippen MR) is 75.8 cm³/mol. The van der Waals surface area contributed by atoms with E-state index in [1.165, 1.54) is 39.8 Å². The normalized spacial score (nSPS) is 14.8. The molecule has 0 atom stereocenters. The lowest BCUT2D eigenvalue weighted by Crippen LogP contribution is -1.98. The van der Waals surface area contributed by atoms with Gasteiger partial charge in [-0.2, -0.15) is 0 Å². The molecule has 1 aliphatic carbocycles. The molecule has 2 aromatic rings. The molecule has 1 aromatic heterocycles. The average molecular weight is 245 g/mol. The number of nitrogens with two attached hydrogens (primary N) is 1. The molecule has 2 heteroatoms. The Bertz CT molecular complexity index is 566. The van der Waals surface area contributed by atoms with Crippen molar-refractivity contribution >= 4 is 21.4 Å². The zero-order valence-electron chi connectivity index (χ0n) is 10.5. The Morgan fingerprint density at radius 3 is 2.59 bits per heavy atom. The molecule has 0 fully saturated rings. The van der Waals surface area contributed by atoms with Gasteiger partial charge in [0.25, 0.3) is 0 Å². The van der Waals surface area contributed by atoms with Gasteiger partial charge in [0.05, 0.1) is 0 Å². The maximum absolute atomic E-state index is 5.89. The molecule has 90 valence electrons. The molecule has 0 unspecified atom stereocenters. The zero-order valence-corrected chi connectivity index (χ0v) is 11.4. The standard InChI is InChI=1S/C15H19NS/c1-9(2)15-12-6-10-4-3-5-11(10)7-13(12)17-14(15)8-16/h6-7,9H,3-5,8,16H2,1-2H3. The fraction of sp³-hybridized carbons (Fsp3) is 0.467. The molecule has 0 amide bonds. The van der Waals surface area contributed by atoms with Crippen molar-refractivity contribution in [1.82, 2.24) is 0 Å². The Labute approximate surface area is 107 Å². The number of hydrogen-bond donors (Lipinski definition) is 1. The fourth-order valence-electron chi connectivity index (χ4n) is 3.02. The third kappa shape index (κ3) is 1.71. The van der Waals surface area contributed by atoms with Crippen molar-refractivity contribution in [1.29, 1.82) is 0 Å². The second-order valence-corrected chi connectivity index (χ2v) is 6.41. The van der Waals surface area contributed by atoms with Crippen molar-refractivity contribution in [3.05, 3.63) is 33.7 Å². The second-order valence-electron chi connectivity index (χ2n) is 5.27. The van der Waals surface area contributed by atoms with Crippen LogP contribution in [0.1, 0.15) is 47.8 Å². The van der Waals surface area contributed by atoms with Gasteiger partial charge < -0.3 is 5.73 Å². The Kier molecular flexibility index (Phi) is 2.72. The van der Waals surface area contributed by atoms with E-state index in [0.29, 0.717) is 12.5 Å². The van der Waals surface area contributed by atoms with Gasteiger partial charge in [0.15, 0.2) is 0 Å². The molecule has 1 heterocycles. The van der Waals surface area contributed by atoms with Crippen LogP contribution in [0.3, 0.4) is 0 Å². The van der Waals surface area contributed by atoms with E-state index >= 15 is 0 Å². The summed E-state index contributed by atoms with van der Waals surface area (Å²) in [6.45, 7) is 5.22. The number of hydrogen-bond acceptors (Lipinski definition) is 2. The second kappa shape index (κ2) is 4.11. The molecule has 1 nitrogen and oxygen atoms in total. The summed E-state index contributed by atoms with van der Waals surface area (Å²) < 4.78 is 1.44. The fourth-order valence-corrected chi connectivity index (χ4v) is 4.30. The van der Waals surface area contributed by atoms with Crippen LogP contribution in [-0.2, 0) is 19.4 Å². The largest absolute Gasteiger partial charge is 0.326 e. The minimum Gasteiger partial charge on any atom is -0.326 e. The minimum atomic E-state index is 0.571. The molecular formula is C15H19NS. The van der Waals surface area contributed by atoms with Crippen LogP contribution in [0, 0.1) is 0 Å². The van der Waals surface area contributed by atoms with Crippen LogP contribution in [0.15, 0.2) is 12.1 Å². The molecule has 0 aliphatic heterocycles. The summed E-state index contributed by atoms with van der Waals surface area (Å²) in [5.41, 5.74) is 10.5. The molecule has 3 rings (SSSR count). The van der Waals surface area contributed by atoms with Crippen molar-refractivity contribution in [3.63, 3.8) is 0 Å². The van der Waals surface area contributed by atoms with Crippen LogP contribution in [0.4, 0.5) is 0 Å². The van der Waals surface area contributed by atoms with Crippen molar-refractivity contribution < 1.29 is 0 Å². The molecule has 0 bridgehead atoms. The first kappa shape index (κ1) is 11.2. The van der Waals surface area contributed by atoms with Crippen molar-refractivity contribution in [2.45, 2.75) is 45.6 Å². The van der Waals surface area contributed by atoms with Crippen LogP contribution >= 0.6 is 11.3 Å². The maximum Gasteiger partial charge on any atom is 0.0352 e. The van der Waals surface area contributed by atoms with Gasteiger partial charge in [-0.25, -0.2) is 0 Å². The highest BCUT2D eigenvalue weighted by Crippen LogP contribution is 2.39. The van der Waals surface area contributed by atoms with Crippen molar-refractivity contribution in [2.24, 2.45) is 5.73 Å². The van der Waals surface area contributed by atoms with E-state index in [1.807, 2.05) is 11.3 Å². The molecule has 0 saturated heterocycles. The van der Waals surface area contributed by atoms with E-state index in [4.69, 9.17) is 5.73 Å². The molecule has 1 aromatic carbocycles. The maximum atomic E-state index is 5.89. The third-order valence-electron chi connectivity index (χ3n) is 3.78. The van der Waals surface area contributed by atoms with Crippen LogP contribution in [0.2, 0.25) is 0 Å². The zero-order chi connectivity index (χ0) is 12.0. The van der Waals surface area contributed by atoms with Gasteiger partial charge in [-0.05, 0) is 59.4 Å². The topological polar surface area (TPSA) is 26.0 Å².